The average Bonchev–Trinajstić information content (AvgIpc) is 2.26. The summed E-state index contributed by atoms with van der Waals surface area (Å²) in [5.41, 5.74) is -0.566. The number of rotatable bonds is 4. The van der Waals surface area contributed by atoms with Crippen LogP contribution >= 0.6 is 0 Å². The topological polar surface area (TPSA) is 72.2 Å². The molecular weight excluding hydrogens is 251 g/mol. The van der Waals surface area contributed by atoms with E-state index in [2.05, 4.69) is 5.32 Å². The Balaban J connectivity index is 2.10. The number of hydrogen-bond acceptors (Lipinski definition) is 3. The molecule has 1 N–H and O–H groups in total. The van der Waals surface area contributed by atoms with E-state index in [0.29, 0.717) is 5.92 Å². The summed E-state index contributed by atoms with van der Waals surface area (Å²) in [4.78, 5) is 21.7. The Morgan fingerprint density at radius 2 is 2.21 bits per heavy atom. The zero-order chi connectivity index (χ0) is 14.0. The molecule has 1 saturated carbocycles. The molecule has 19 heavy (non-hydrogen) atoms. The molecule has 1 aromatic rings. The lowest BCUT2D eigenvalue weighted by Crippen LogP contribution is -2.40. The molecule has 0 bridgehead atoms. The first-order chi connectivity index (χ1) is 8.99. The number of hydrogen-bond donors (Lipinski definition) is 1. The van der Waals surface area contributed by atoms with Crippen LogP contribution in [0.3, 0.4) is 0 Å². The van der Waals surface area contributed by atoms with Crippen molar-refractivity contribution in [3.05, 3.63) is 39.7 Å². The molecule has 0 saturated heterocycles. The van der Waals surface area contributed by atoms with Gasteiger partial charge in [0.15, 0.2) is 0 Å². The minimum absolute atomic E-state index is 0.0327. The van der Waals surface area contributed by atoms with Crippen LogP contribution in [-0.2, 0) is 0 Å². The first kappa shape index (κ1) is 13.5. The summed E-state index contributed by atoms with van der Waals surface area (Å²) in [6.45, 7) is 1.92. The van der Waals surface area contributed by atoms with Gasteiger partial charge < -0.3 is 5.32 Å². The van der Waals surface area contributed by atoms with Crippen molar-refractivity contribution in [1.29, 1.82) is 0 Å². The first-order valence-corrected chi connectivity index (χ1v) is 6.24. The highest BCUT2D eigenvalue weighted by Crippen LogP contribution is 2.29. The van der Waals surface area contributed by atoms with Gasteiger partial charge in [0, 0.05) is 17.7 Å². The van der Waals surface area contributed by atoms with E-state index in [0.717, 1.165) is 25.0 Å². The van der Waals surface area contributed by atoms with E-state index < -0.39 is 22.3 Å². The highest BCUT2D eigenvalue weighted by molar-refractivity contribution is 5.95. The minimum Gasteiger partial charge on any atom is -0.349 e. The van der Waals surface area contributed by atoms with Crippen molar-refractivity contribution in [3.8, 4) is 0 Å². The van der Waals surface area contributed by atoms with Gasteiger partial charge in [-0.25, -0.2) is 0 Å². The minimum atomic E-state index is -0.936. The zero-order valence-electron chi connectivity index (χ0n) is 10.6. The van der Waals surface area contributed by atoms with Crippen LogP contribution in [0.15, 0.2) is 18.2 Å². The van der Waals surface area contributed by atoms with Crippen molar-refractivity contribution in [2.24, 2.45) is 5.92 Å². The summed E-state index contributed by atoms with van der Waals surface area (Å²) in [6.07, 6.45) is 3.35. The molecule has 102 valence electrons. The maximum atomic E-state index is 13.2. The van der Waals surface area contributed by atoms with Crippen LogP contribution in [0.4, 0.5) is 10.1 Å². The van der Waals surface area contributed by atoms with Gasteiger partial charge in [0.25, 0.3) is 5.91 Å². The molecule has 6 heteroatoms. The van der Waals surface area contributed by atoms with Crippen LogP contribution in [0.5, 0.6) is 0 Å². The Labute approximate surface area is 110 Å². The number of benzene rings is 1. The maximum absolute atomic E-state index is 13.2. The first-order valence-electron chi connectivity index (χ1n) is 6.24. The fourth-order valence-electron chi connectivity index (χ4n) is 2.14. The van der Waals surface area contributed by atoms with Crippen molar-refractivity contribution in [2.75, 3.05) is 0 Å². The largest absolute Gasteiger partial charge is 0.349 e. The van der Waals surface area contributed by atoms with E-state index in [1.807, 2.05) is 6.92 Å². The van der Waals surface area contributed by atoms with Gasteiger partial charge in [-0.2, -0.15) is 4.39 Å². The number of nitrogens with zero attached hydrogens (tertiary/aromatic N) is 1. The van der Waals surface area contributed by atoms with Crippen LogP contribution in [0.1, 0.15) is 36.5 Å². The normalized spacial score (nSPS) is 16.5. The summed E-state index contributed by atoms with van der Waals surface area (Å²) in [5, 5.41) is 13.4. The quantitative estimate of drug-likeness (QED) is 0.672. The van der Waals surface area contributed by atoms with Crippen molar-refractivity contribution in [2.45, 2.75) is 32.2 Å². The molecule has 1 aliphatic rings. The third kappa shape index (κ3) is 2.89. The average molecular weight is 266 g/mol. The Bertz CT molecular complexity index is 515. The number of nitro benzene ring substituents is 1. The van der Waals surface area contributed by atoms with Gasteiger partial charge in [-0.3, -0.25) is 14.9 Å². The Kier molecular flexibility index (Phi) is 3.78. The Morgan fingerprint density at radius 1 is 1.53 bits per heavy atom. The third-order valence-electron chi connectivity index (χ3n) is 3.62. The molecule has 1 amide bonds. The van der Waals surface area contributed by atoms with E-state index in [1.165, 1.54) is 12.5 Å². The summed E-state index contributed by atoms with van der Waals surface area (Å²) in [6, 6.07) is 3.20. The summed E-state index contributed by atoms with van der Waals surface area (Å²) in [5.74, 6) is -0.865. The molecule has 0 spiro atoms. The summed E-state index contributed by atoms with van der Waals surface area (Å²) < 4.78 is 13.2. The van der Waals surface area contributed by atoms with Gasteiger partial charge in [0.2, 0.25) is 5.82 Å². The van der Waals surface area contributed by atoms with Crippen molar-refractivity contribution >= 4 is 11.6 Å². The van der Waals surface area contributed by atoms with Gasteiger partial charge in [-0.1, -0.05) is 6.42 Å². The number of carbonyl (C=O) groups excluding carboxylic acids is 1. The molecule has 0 aliphatic heterocycles. The summed E-state index contributed by atoms with van der Waals surface area (Å²) in [7, 11) is 0. The zero-order valence-corrected chi connectivity index (χ0v) is 10.6. The number of nitrogens with one attached hydrogen (secondary N) is 1. The smallest absolute Gasteiger partial charge is 0.305 e. The number of amides is 1. The molecule has 1 aromatic carbocycles. The molecule has 5 nitrogen and oxygen atoms in total. The molecule has 2 rings (SSSR count). The number of halogens is 1. The number of nitro groups is 1. The highest BCUT2D eigenvalue weighted by Gasteiger charge is 2.26. The van der Waals surface area contributed by atoms with Crippen molar-refractivity contribution in [3.63, 3.8) is 0 Å². The van der Waals surface area contributed by atoms with Gasteiger partial charge in [0.1, 0.15) is 0 Å². The Hall–Kier alpha value is -1.98. The van der Waals surface area contributed by atoms with Crippen LogP contribution in [0, 0.1) is 21.8 Å². The lowest BCUT2D eigenvalue weighted by Gasteiger charge is -2.31. The molecule has 1 aliphatic carbocycles. The fourth-order valence-corrected chi connectivity index (χ4v) is 2.14. The van der Waals surface area contributed by atoms with Crippen molar-refractivity contribution in [1.82, 2.24) is 5.32 Å². The van der Waals surface area contributed by atoms with E-state index in [1.54, 1.807) is 0 Å². The SMILES string of the molecule is CC(NC(=O)c1ccc(F)c([N+](=O)[O-])c1)C1CCC1. The molecule has 0 radical (unpaired) electrons. The fraction of sp³-hybridized carbons (Fsp3) is 0.462. The monoisotopic (exact) mass is 266 g/mol. The molecule has 1 atom stereocenters. The molecule has 0 heterocycles. The number of carbonyl (C=O) groups is 1. The lowest BCUT2D eigenvalue weighted by atomic mass is 9.80. The predicted octanol–water partition coefficient (Wildman–Crippen LogP) is 2.65. The van der Waals surface area contributed by atoms with Crippen LogP contribution in [0.25, 0.3) is 0 Å². The standard InChI is InChI=1S/C13H15FN2O3/c1-8(9-3-2-4-9)15-13(17)10-5-6-11(14)12(7-10)16(18)19/h5-9H,2-4H2,1H3,(H,15,17). The second-order valence-electron chi connectivity index (χ2n) is 4.88. The molecule has 1 unspecified atom stereocenters. The van der Waals surface area contributed by atoms with Crippen LogP contribution < -0.4 is 5.32 Å². The van der Waals surface area contributed by atoms with E-state index in [-0.39, 0.29) is 11.6 Å². The molecule has 1 fully saturated rings. The maximum Gasteiger partial charge on any atom is 0.305 e. The van der Waals surface area contributed by atoms with E-state index in [9.17, 15) is 19.3 Å². The van der Waals surface area contributed by atoms with E-state index >= 15 is 0 Å². The second kappa shape index (κ2) is 5.34. The Morgan fingerprint density at radius 3 is 2.74 bits per heavy atom. The van der Waals surface area contributed by atoms with Gasteiger partial charge in [0.05, 0.1) is 4.92 Å². The molecular formula is C13H15FN2O3. The predicted molar refractivity (Wildman–Crippen MR) is 67.3 cm³/mol. The second-order valence-corrected chi connectivity index (χ2v) is 4.88. The van der Waals surface area contributed by atoms with Crippen LogP contribution in [0.2, 0.25) is 0 Å². The van der Waals surface area contributed by atoms with Gasteiger partial charge >= 0.3 is 5.69 Å². The van der Waals surface area contributed by atoms with Gasteiger partial charge in [-0.15, -0.1) is 0 Å². The van der Waals surface area contributed by atoms with E-state index in [4.69, 9.17) is 0 Å². The third-order valence-corrected chi connectivity index (χ3v) is 3.62. The van der Waals surface area contributed by atoms with Crippen molar-refractivity contribution < 1.29 is 14.1 Å². The lowest BCUT2D eigenvalue weighted by molar-refractivity contribution is -0.387. The summed E-state index contributed by atoms with van der Waals surface area (Å²) >= 11 is 0. The van der Waals surface area contributed by atoms with Gasteiger partial charge in [-0.05, 0) is 37.8 Å². The van der Waals surface area contributed by atoms with Crippen LogP contribution in [-0.4, -0.2) is 16.9 Å². The highest BCUT2D eigenvalue weighted by atomic mass is 19.1. The molecule has 0 aromatic heterocycles.